The van der Waals surface area contributed by atoms with Crippen molar-refractivity contribution in [1.82, 2.24) is 0 Å². The van der Waals surface area contributed by atoms with Crippen molar-refractivity contribution < 1.29 is 5.11 Å². The highest BCUT2D eigenvalue weighted by Gasteiger charge is 2.16. The van der Waals surface area contributed by atoms with Gasteiger partial charge in [-0.25, -0.2) is 0 Å². The third-order valence-corrected chi connectivity index (χ3v) is 4.21. The third-order valence-electron chi connectivity index (χ3n) is 4.21. The van der Waals surface area contributed by atoms with Crippen molar-refractivity contribution in [1.29, 1.82) is 0 Å². The summed E-state index contributed by atoms with van der Waals surface area (Å²) in [6.07, 6.45) is 0. The highest BCUT2D eigenvalue weighted by Crippen LogP contribution is 2.27. The average Bonchev–Trinajstić information content (AvgIpc) is 2.35. The molecule has 0 aliphatic carbocycles. The van der Waals surface area contributed by atoms with Crippen molar-refractivity contribution in [2.45, 2.75) is 73.1 Å². The molecule has 0 radical (unpaired) electrons. The maximum Gasteiger partial charge on any atom is 0.115 e. The van der Waals surface area contributed by atoms with Crippen molar-refractivity contribution in [2.75, 3.05) is 0 Å². The zero-order chi connectivity index (χ0) is 18.7. The van der Waals surface area contributed by atoms with Gasteiger partial charge in [0.15, 0.2) is 0 Å². The van der Waals surface area contributed by atoms with E-state index < -0.39 is 0 Å². The maximum atomic E-state index is 9.20. The second-order valence-electron chi connectivity index (χ2n) is 8.82. The van der Waals surface area contributed by atoms with E-state index in [2.05, 4.69) is 73.6 Å². The van der Waals surface area contributed by atoms with E-state index in [-0.39, 0.29) is 10.8 Å². The number of hydrogen-bond donors (Lipinski definition) is 1. The van der Waals surface area contributed by atoms with Crippen LogP contribution < -0.4 is 0 Å². The largest absolute Gasteiger partial charge is 0.508 e. The predicted molar refractivity (Wildman–Crippen MR) is 106 cm³/mol. The average molecular weight is 327 g/mol. The van der Waals surface area contributed by atoms with E-state index in [1.54, 1.807) is 12.1 Å². The molecule has 0 amide bonds. The van der Waals surface area contributed by atoms with Crippen molar-refractivity contribution in [3.8, 4) is 5.75 Å². The third kappa shape index (κ3) is 5.70. The summed E-state index contributed by atoms with van der Waals surface area (Å²) in [7, 11) is 0. The summed E-state index contributed by atoms with van der Waals surface area (Å²) < 4.78 is 0. The molecule has 2 rings (SSSR count). The van der Waals surface area contributed by atoms with Gasteiger partial charge in [-0.1, -0.05) is 71.4 Å². The lowest BCUT2D eigenvalue weighted by Gasteiger charge is -2.21. The summed E-state index contributed by atoms with van der Waals surface area (Å²) in [5.41, 5.74) is 7.09. The summed E-state index contributed by atoms with van der Waals surface area (Å²) in [5, 5.41) is 9.20. The van der Waals surface area contributed by atoms with Crippen LogP contribution in [-0.4, -0.2) is 5.11 Å². The number of aromatic hydroxyl groups is 1. The summed E-state index contributed by atoms with van der Waals surface area (Å²) in [6.45, 7) is 19.6. The normalized spacial score (nSPS) is 11.7. The van der Waals surface area contributed by atoms with Crippen molar-refractivity contribution in [3.63, 3.8) is 0 Å². The first kappa shape index (κ1) is 20.3. The highest BCUT2D eigenvalue weighted by atomic mass is 16.3. The number of phenols is 1. The second kappa shape index (κ2) is 7.42. The SMILES string of the molecule is Cc1cc(O)ccc1C(C)(C)C.Cc1ccc(C(C)(C)C)c(C)c1. The van der Waals surface area contributed by atoms with Gasteiger partial charge in [-0.2, -0.15) is 0 Å². The highest BCUT2D eigenvalue weighted by molar-refractivity contribution is 5.37. The molecule has 0 heterocycles. The smallest absolute Gasteiger partial charge is 0.115 e. The summed E-state index contributed by atoms with van der Waals surface area (Å²) >= 11 is 0. The molecule has 0 saturated heterocycles. The Morgan fingerprint density at radius 1 is 0.625 bits per heavy atom. The number of hydrogen-bond acceptors (Lipinski definition) is 1. The van der Waals surface area contributed by atoms with Gasteiger partial charge in [-0.05, 0) is 66.0 Å². The molecule has 0 aromatic heterocycles. The van der Waals surface area contributed by atoms with Gasteiger partial charge in [-0.3, -0.25) is 0 Å². The van der Waals surface area contributed by atoms with Crippen LogP contribution in [0.4, 0.5) is 0 Å². The molecule has 0 unspecified atom stereocenters. The lowest BCUT2D eigenvalue weighted by molar-refractivity contribution is 0.473. The van der Waals surface area contributed by atoms with Crippen molar-refractivity contribution in [3.05, 3.63) is 64.2 Å². The minimum atomic E-state index is 0.164. The van der Waals surface area contributed by atoms with E-state index in [1.807, 2.05) is 13.0 Å². The number of rotatable bonds is 0. The molecule has 0 aliphatic heterocycles. The molecule has 1 N–H and O–H groups in total. The number of aryl methyl sites for hydroxylation is 3. The topological polar surface area (TPSA) is 20.2 Å². The summed E-state index contributed by atoms with van der Waals surface area (Å²) in [4.78, 5) is 0. The van der Waals surface area contributed by atoms with Crippen LogP contribution in [0.2, 0.25) is 0 Å². The van der Waals surface area contributed by atoms with E-state index in [0.717, 1.165) is 5.56 Å². The fourth-order valence-corrected chi connectivity index (χ4v) is 3.14. The van der Waals surface area contributed by atoms with Crippen molar-refractivity contribution in [2.24, 2.45) is 0 Å². The van der Waals surface area contributed by atoms with Gasteiger partial charge in [0.2, 0.25) is 0 Å². The van der Waals surface area contributed by atoms with Gasteiger partial charge in [0, 0.05) is 0 Å². The van der Waals surface area contributed by atoms with E-state index >= 15 is 0 Å². The zero-order valence-electron chi connectivity index (χ0n) is 16.9. The molecule has 0 atom stereocenters. The Bertz CT molecular complexity index is 621. The van der Waals surface area contributed by atoms with E-state index in [1.165, 1.54) is 22.3 Å². The number of benzene rings is 2. The van der Waals surface area contributed by atoms with Gasteiger partial charge in [-0.15, -0.1) is 0 Å². The molecule has 24 heavy (non-hydrogen) atoms. The van der Waals surface area contributed by atoms with Gasteiger partial charge < -0.3 is 5.11 Å². The molecule has 0 saturated carbocycles. The van der Waals surface area contributed by atoms with Gasteiger partial charge in [0.1, 0.15) is 5.75 Å². The maximum absolute atomic E-state index is 9.20. The van der Waals surface area contributed by atoms with E-state index in [4.69, 9.17) is 0 Å². The molecular weight excluding hydrogens is 292 g/mol. The number of phenolic OH excluding ortho intramolecular Hbond substituents is 1. The fourth-order valence-electron chi connectivity index (χ4n) is 3.14. The van der Waals surface area contributed by atoms with Crippen LogP contribution in [0, 0.1) is 20.8 Å². The predicted octanol–water partition coefficient (Wildman–Crippen LogP) is 6.60. The van der Waals surface area contributed by atoms with Gasteiger partial charge in [0.25, 0.3) is 0 Å². The monoisotopic (exact) mass is 326 g/mol. The summed E-state index contributed by atoms with van der Waals surface area (Å²) in [5.74, 6) is 0.348. The first-order valence-corrected chi connectivity index (χ1v) is 8.70. The molecule has 132 valence electrons. The summed E-state index contributed by atoms with van der Waals surface area (Å²) in [6, 6.07) is 12.2. The molecular formula is C23H34O. The molecule has 1 nitrogen and oxygen atoms in total. The quantitative estimate of drug-likeness (QED) is 0.578. The minimum absolute atomic E-state index is 0.164. The second-order valence-corrected chi connectivity index (χ2v) is 8.82. The Morgan fingerprint density at radius 3 is 1.42 bits per heavy atom. The standard InChI is InChI=1S/C12H18.C11H16O/c1-9-6-7-11(10(2)8-9)12(3,4)5;1-8-7-9(12)5-6-10(8)11(2,3)4/h6-8H,1-5H3;5-7,12H,1-4H3. The van der Waals surface area contributed by atoms with Crippen LogP contribution in [0.1, 0.15) is 69.4 Å². The molecule has 0 bridgehead atoms. The zero-order valence-corrected chi connectivity index (χ0v) is 16.9. The van der Waals surface area contributed by atoms with Gasteiger partial charge >= 0.3 is 0 Å². The molecule has 0 aliphatic rings. The van der Waals surface area contributed by atoms with E-state index in [0.29, 0.717) is 5.75 Å². The van der Waals surface area contributed by atoms with Gasteiger partial charge in [0.05, 0.1) is 0 Å². The molecule has 2 aromatic rings. The first-order valence-electron chi connectivity index (χ1n) is 8.70. The van der Waals surface area contributed by atoms with Crippen LogP contribution in [-0.2, 0) is 10.8 Å². The lowest BCUT2D eigenvalue weighted by Crippen LogP contribution is -2.12. The Kier molecular flexibility index (Phi) is 6.27. The molecule has 2 aromatic carbocycles. The molecule has 1 heteroatoms. The van der Waals surface area contributed by atoms with Crippen LogP contribution in [0.25, 0.3) is 0 Å². The van der Waals surface area contributed by atoms with E-state index in [9.17, 15) is 5.11 Å². The Morgan fingerprint density at radius 2 is 1.04 bits per heavy atom. The molecule has 0 spiro atoms. The van der Waals surface area contributed by atoms with Crippen LogP contribution >= 0.6 is 0 Å². The van der Waals surface area contributed by atoms with Crippen molar-refractivity contribution >= 4 is 0 Å². The Hall–Kier alpha value is -1.76. The van der Waals surface area contributed by atoms with Crippen LogP contribution in [0.5, 0.6) is 5.75 Å². The molecule has 0 fully saturated rings. The lowest BCUT2D eigenvalue weighted by atomic mass is 9.84. The fraction of sp³-hybridized carbons (Fsp3) is 0.478. The first-order chi connectivity index (χ1) is 10.8. The minimum Gasteiger partial charge on any atom is -0.508 e. The Balaban J connectivity index is 0.000000240. The van der Waals surface area contributed by atoms with Crippen LogP contribution in [0.15, 0.2) is 36.4 Å². The van der Waals surface area contributed by atoms with Crippen LogP contribution in [0.3, 0.4) is 0 Å². The Labute approximate surface area is 148 Å².